The van der Waals surface area contributed by atoms with Gasteiger partial charge >= 0.3 is 0 Å². The third-order valence-electron chi connectivity index (χ3n) is 2.99. The second kappa shape index (κ2) is 3.66. The third-order valence-corrected chi connectivity index (χ3v) is 5.35. The molecule has 1 aromatic rings. The van der Waals surface area contributed by atoms with E-state index in [9.17, 15) is 12.8 Å². The van der Waals surface area contributed by atoms with Crippen molar-refractivity contribution in [1.82, 2.24) is 0 Å². The van der Waals surface area contributed by atoms with Crippen LogP contribution >= 0.6 is 15.9 Å². The molecule has 2 aliphatic heterocycles. The first-order valence-corrected chi connectivity index (χ1v) is 7.47. The summed E-state index contributed by atoms with van der Waals surface area (Å²) in [5.74, 6) is -0.766. The molecule has 2 heterocycles. The fourth-order valence-electron chi connectivity index (χ4n) is 2.11. The quantitative estimate of drug-likeness (QED) is 0.790. The van der Waals surface area contributed by atoms with Gasteiger partial charge in [-0.15, -0.1) is 0 Å². The maximum Gasteiger partial charge on any atom is 0.239 e. The van der Waals surface area contributed by atoms with E-state index in [1.165, 1.54) is 10.4 Å². The molecule has 17 heavy (non-hydrogen) atoms. The largest absolute Gasteiger partial charge is 0.377 e. The van der Waals surface area contributed by atoms with E-state index in [2.05, 4.69) is 15.9 Å². The molecule has 2 aliphatic rings. The standard InChI is InChI=1S/C10H9BrFNO3S/c11-8-1-2-9-7(10(8)12)5-17(14,15)13(9)6-3-16-4-6/h1-2,6H,3-5H2. The van der Waals surface area contributed by atoms with Gasteiger partial charge in [0.15, 0.2) is 0 Å². The van der Waals surface area contributed by atoms with E-state index in [1.54, 1.807) is 6.07 Å². The number of fused-ring (bicyclic) bond motifs is 1. The monoisotopic (exact) mass is 321 g/mol. The predicted octanol–water partition coefficient (Wildman–Crippen LogP) is 1.64. The molecule has 0 unspecified atom stereocenters. The summed E-state index contributed by atoms with van der Waals surface area (Å²) in [5, 5.41) is 0. The fraction of sp³-hybridized carbons (Fsp3) is 0.400. The Labute approximate surface area is 107 Å². The molecule has 1 fully saturated rings. The van der Waals surface area contributed by atoms with Crippen molar-refractivity contribution in [1.29, 1.82) is 0 Å². The van der Waals surface area contributed by atoms with Crippen LogP contribution in [-0.4, -0.2) is 27.7 Å². The molecule has 3 rings (SSSR count). The van der Waals surface area contributed by atoms with Gasteiger partial charge in [0.1, 0.15) is 5.82 Å². The van der Waals surface area contributed by atoms with Crippen LogP contribution in [0.3, 0.4) is 0 Å². The van der Waals surface area contributed by atoms with Crippen LogP contribution in [0.5, 0.6) is 0 Å². The third kappa shape index (κ3) is 1.60. The number of benzene rings is 1. The maximum absolute atomic E-state index is 13.8. The van der Waals surface area contributed by atoms with Crippen molar-refractivity contribution in [2.75, 3.05) is 17.5 Å². The van der Waals surface area contributed by atoms with E-state index < -0.39 is 15.8 Å². The number of anilines is 1. The molecule has 0 saturated carbocycles. The summed E-state index contributed by atoms with van der Waals surface area (Å²) in [7, 11) is -3.45. The van der Waals surface area contributed by atoms with Crippen molar-refractivity contribution in [2.24, 2.45) is 0 Å². The Kier molecular flexibility index (Phi) is 2.46. The van der Waals surface area contributed by atoms with Crippen LogP contribution in [0.4, 0.5) is 10.1 Å². The van der Waals surface area contributed by atoms with Gasteiger partial charge in [0.25, 0.3) is 0 Å². The van der Waals surface area contributed by atoms with Crippen LogP contribution in [0.1, 0.15) is 5.56 Å². The van der Waals surface area contributed by atoms with Gasteiger partial charge in [0.05, 0.1) is 35.2 Å². The van der Waals surface area contributed by atoms with Crippen molar-refractivity contribution < 1.29 is 17.5 Å². The van der Waals surface area contributed by atoms with Gasteiger partial charge in [-0.1, -0.05) is 0 Å². The van der Waals surface area contributed by atoms with Gasteiger partial charge < -0.3 is 4.74 Å². The smallest absolute Gasteiger partial charge is 0.239 e. The van der Waals surface area contributed by atoms with Crippen LogP contribution in [-0.2, 0) is 20.5 Å². The molecule has 1 aromatic carbocycles. The molecular weight excluding hydrogens is 313 g/mol. The van der Waals surface area contributed by atoms with Crippen molar-refractivity contribution in [3.05, 3.63) is 28.0 Å². The van der Waals surface area contributed by atoms with Crippen LogP contribution in [0.25, 0.3) is 0 Å². The van der Waals surface area contributed by atoms with Crippen molar-refractivity contribution in [3.63, 3.8) is 0 Å². The highest BCUT2D eigenvalue weighted by atomic mass is 79.9. The Hall–Kier alpha value is -0.660. The second-order valence-electron chi connectivity index (χ2n) is 4.10. The van der Waals surface area contributed by atoms with Gasteiger partial charge in [-0.2, -0.15) is 0 Å². The fourth-order valence-corrected chi connectivity index (χ4v) is 4.31. The summed E-state index contributed by atoms with van der Waals surface area (Å²) in [5.41, 5.74) is 0.685. The lowest BCUT2D eigenvalue weighted by Gasteiger charge is -2.34. The Morgan fingerprint density at radius 2 is 2.12 bits per heavy atom. The minimum absolute atomic E-state index is 0.193. The molecule has 0 atom stereocenters. The summed E-state index contributed by atoms with van der Waals surface area (Å²) in [4.78, 5) is 0. The molecule has 0 aromatic heterocycles. The van der Waals surface area contributed by atoms with E-state index in [4.69, 9.17) is 4.74 Å². The lowest BCUT2D eigenvalue weighted by Crippen LogP contribution is -2.50. The summed E-state index contributed by atoms with van der Waals surface area (Å²) in [6, 6.07) is 2.97. The van der Waals surface area contributed by atoms with Crippen LogP contribution < -0.4 is 4.31 Å². The number of halogens is 2. The van der Waals surface area contributed by atoms with Crippen LogP contribution in [0.15, 0.2) is 16.6 Å². The topological polar surface area (TPSA) is 46.6 Å². The van der Waals surface area contributed by atoms with E-state index in [1.807, 2.05) is 0 Å². The first kappa shape index (κ1) is 11.4. The van der Waals surface area contributed by atoms with E-state index in [0.29, 0.717) is 18.9 Å². The molecule has 0 N–H and O–H groups in total. The SMILES string of the molecule is O=S1(=O)Cc2c(ccc(Br)c2F)N1C1COC1. The Bertz CT molecular complexity index is 585. The van der Waals surface area contributed by atoms with Gasteiger partial charge in [0, 0.05) is 5.56 Å². The number of hydrogen-bond donors (Lipinski definition) is 0. The van der Waals surface area contributed by atoms with Crippen LogP contribution in [0, 0.1) is 5.82 Å². The van der Waals surface area contributed by atoms with Crippen LogP contribution in [0.2, 0.25) is 0 Å². The molecule has 0 bridgehead atoms. The summed E-state index contributed by atoms with van der Waals surface area (Å²) >= 11 is 3.06. The number of hydrogen-bond acceptors (Lipinski definition) is 3. The molecule has 7 heteroatoms. The Morgan fingerprint density at radius 1 is 1.41 bits per heavy atom. The molecule has 0 aliphatic carbocycles. The Balaban J connectivity index is 2.16. The average molecular weight is 322 g/mol. The normalized spacial score (nSPS) is 22.4. The lowest BCUT2D eigenvalue weighted by atomic mass is 10.1. The van der Waals surface area contributed by atoms with E-state index in [-0.39, 0.29) is 21.8 Å². The molecule has 1 saturated heterocycles. The van der Waals surface area contributed by atoms with Gasteiger partial charge in [-0.25, -0.2) is 12.8 Å². The van der Waals surface area contributed by atoms with Crippen molar-refractivity contribution in [2.45, 2.75) is 11.8 Å². The molecule has 0 spiro atoms. The van der Waals surface area contributed by atoms with Gasteiger partial charge in [-0.05, 0) is 28.1 Å². The molecule has 4 nitrogen and oxygen atoms in total. The minimum Gasteiger partial charge on any atom is -0.377 e. The van der Waals surface area contributed by atoms with Crippen molar-refractivity contribution >= 4 is 31.6 Å². The average Bonchev–Trinajstić information content (AvgIpc) is 2.44. The zero-order chi connectivity index (χ0) is 12.2. The van der Waals surface area contributed by atoms with E-state index >= 15 is 0 Å². The van der Waals surface area contributed by atoms with E-state index in [0.717, 1.165) is 0 Å². The van der Waals surface area contributed by atoms with Crippen molar-refractivity contribution in [3.8, 4) is 0 Å². The maximum atomic E-state index is 13.8. The first-order valence-electron chi connectivity index (χ1n) is 5.07. The highest BCUT2D eigenvalue weighted by Crippen LogP contribution is 2.40. The highest BCUT2D eigenvalue weighted by Gasteiger charge is 2.42. The minimum atomic E-state index is -3.45. The Morgan fingerprint density at radius 3 is 2.71 bits per heavy atom. The molecule has 92 valence electrons. The summed E-state index contributed by atoms with van der Waals surface area (Å²) in [6.07, 6.45) is 0. The predicted molar refractivity (Wildman–Crippen MR) is 63.8 cm³/mol. The molecule has 0 radical (unpaired) electrons. The number of nitrogens with zero attached hydrogens (tertiary/aromatic N) is 1. The summed E-state index contributed by atoms with van der Waals surface area (Å²) < 4.78 is 44.4. The zero-order valence-electron chi connectivity index (χ0n) is 8.69. The first-order chi connectivity index (χ1) is 8.00. The summed E-state index contributed by atoms with van der Waals surface area (Å²) in [6.45, 7) is 0.743. The van der Waals surface area contributed by atoms with Gasteiger partial charge in [-0.3, -0.25) is 4.31 Å². The molecule has 0 amide bonds. The lowest BCUT2D eigenvalue weighted by molar-refractivity contribution is 0.0147. The molecular formula is C10H9BrFNO3S. The number of sulfonamides is 1. The van der Waals surface area contributed by atoms with Gasteiger partial charge in [0.2, 0.25) is 10.0 Å². The number of ether oxygens (including phenoxy) is 1. The second-order valence-corrected chi connectivity index (χ2v) is 6.80. The number of rotatable bonds is 1. The zero-order valence-corrected chi connectivity index (χ0v) is 11.1. The highest BCUT2D eigenvalue weighted by molar-refractivity contribution is 9.10.